The summed E-state index contributed by atoms with van der Waals surface area (Å²) in [7, 11) is 0. The molecule has 0 unspecified atom stereocenters. The molecule has 0 saturated heterocycles. The van der Waals surface area contributed by atoms with E-state index in [0.29, 0.717) is 11.8 Å². The Balaban J connectivity index is 1.95. The van der Waals surface area contributed by atoms with Gasteiger partial charge in [-0.1, -0.05) is 0 Å². The van der Waals surface area contributed by atoms with Gasteiger partial charge in [-0.3, -0.25) is 0 Å². The fraction of sp³-hybridized carbons (Fsp3) is 0.111. The fourth-order valence-electron chi connectivity index (χ4n) is 1.03. The largest absolute Gasteiger partial charge is 0.448 e. The zero-order valence-corrected chi connectivity index (χ0v) is 8.03. The van der Waals surface area contributed by atoms with E-state index in [0.717, 1.165) is 11.4 Å². The van der Waals surface area contributed by atoms with Crippen LogP contribution < -0.4 is 5.32 Å². The molecular formula is C9H8ClN3O. The van der Waals surface area contributed by atoms with Crippen LogP contribution in [0, 0.1) is 0 Å². The fourth-order valence-corrected chi connectivity index (χ4v) is 1.19. The third-order valence-electron chi connectivity index (χ3n) is 1.66. The molecule has 1 N–H and O–H groups in total. The molecule has 2 heterocycles. The van der Waals surface area contributed by atoms with Gasteiger partial charge in [-0.2, -0.15) is 0 Å². The minimum atomic E-state index is 0.395. The molecule has 0 aliphatic heterocycles. The number of hydrogen-bond donors (Lipinski definition) is 1. The molecular weight excluding hydrogens is 202 g/mol. The van der Waals surface area contributed by atoms with Gasteiger partial charge in [0.15, 0.2) is 5.22 Å². The summed E-state index contributed by atoms with van der Waals surface area (Å²) in [5.41, 5.74) is 0.847. The molecule has 0 aromatic carbocycles. The van der Waals surface area contributed by atoms with Crippen molar-refractivity contribution >= 4 is 17.3 Å². The number of nitrogens with one attached hydrogen (secondary N) is 1. The van der Waals surface area contributed by atoms with E-state index in [1.54, 1.807) is 18.5 Å². The predicted molar refractivity (Wildman–Crippen MR) is 53.1 cm³/mol. The first-order chi connectivity index (χ1) is 6.84. The number of furan rings is 1. The summed E-state index contributed by atoms with van der Waals surface area (Å²) in [5, 5.41) is 3.49. The van der Waals surface area contributed by atoms with Gasteiger partial charge >= 0.3 is 0 Å². The first-order valence-electron chi connectivity index (χ1n) is 4.08. The molecule has 0 aliphatic rings. The van der Waals surface area contributed by atoms with Gasteiger partial charge in [-0.15, -0.1) is 0 Å². The van der Waals surface area contributed by atoms with Crippen molar-refractivity contribution in [1.82, 2.24) is 9.97 Å². The lowest BCUT2D eigenvalue weighted by atomic mass is 10.4. The summed E-state index contributed by atoms with van der Waals surface area (Å²) in [4.78, 5) is 7.74. The molecule has 2 aromatic rings. The molecule has 5 heteroatoms. The number of nitrogens with zero attached hydrogens (tertiary/aromatic N) is 2. The number of rotatable bonds is 3. The van der Waals surface area contributed by atoms with Crippen molar-refractivity contribution in [1.29, 1.82) is 0 Å². The van der Waals surface area contributed by atoms with E-state index < -0.39 is 0 Å². The third kappa shape index (κ3) is 2.23. The molecule has 0 bridgehead atoms. The second kappa shape index (κ2) is 4.11. The van der Waals surface area contributed by atoms with Crippen LogP contribution in [0.5, 0.6) is 0 Å². The highest BCUT2D eigenvalue weighted by Gasteiger charge is 1.99. The highest BCUT2D eigenvalue weighted by molar-refractivity contribution is 6.28. The minimum Gasteiger partial charge on any atom is -0.448 e. The standard InChI is InChI=1S/C9H8ClN3O/c10-9-2-1-8(14-9)5-13-7-3-11-6-12-4-7/h1-4,6,13H,5H2. The first-order valence-corrected chi connectivity index (χ1v) is 4.45. The van der Waals surface area contributed by atoms with Gasteiger partial charge in [-0.05, 0) is 23.7 Å². The van der Waals surface area contributed by atoms with Gasteiger partial charge in [-0.25, -0.2) is 9.97 Å². The Morgan fingerprint density at radius 3 is 2.71 bits per heavy atom. The van der Waals surface area contributed by atoms with Crippen LogP contribution in [-0.2, 0) is 6.54 Å². The maximum Gasteiger partial charge on any atom is 0.193 e. The molecule has 0 aliphatic carbocycles. The molecule has 72 valence electrons. The number of hydrogen-bond acceptors (Lipinski definition) is 4. The Hall–Kier alpha value is -1.55. The van der Waals surface area contributed by atoms with Gasteiger partial charge in [0.05, 0.1) is 24.6 Å². The number of anilines is 1. The van der Waals surface area contributed by atoms with Crippen molar-refractivity contribution in [2.75, 3.05) is 5.32 Å². The van der Waals surface area contributed by atoms with E-state index in [9.17, 15) is 0 Å². The zero-order chi connectivity index (χ0) is 9.80. The van der Waals surface area contributed by atoms with Crippen molar-refractivity contribution in [3.63, 3.8) is 0 Å². The van der Waals surface area contributed by atoms with E-state index in [1.807, 2.05) is 6.07 Å². The minimum absolute atomic E-state index is 0.395. The maximum atomic E-state index is 5.62. The summed E-state index contributed by atoms with van der Waals surface area (Å²) in [6, 6.07) is 3.53. The summed E-state index contributed by atoms with van der Waals surface area (Å²) in [6.45, 7) is 0.570. The Morgan fingerprint density at radius 1 is 1.29 bits per heavy atom. The van der Waals surface area contributed by atoms with Crippen LogP contribution in [0.4, 0.5) is 5.69 Å². The average Bonchev–Trinajstić information content (AvgIpc) is 2.63. The van der Waals surface area contributed by atoms with Crippen LogP contribution >= 0.6 is 11.6 Å². The van der Waals surface area contributed by atoms with Crippen molar-refractivity contribution in [3.8, 4) is 0 Å². The highest BCUT2D eigenvalue weighted by atomic mass is 35.5. The summed E-state index contributed by atoms with van der Waals surface area (Å²) < 4.78 is 5.17. The molecule has 0 amide bonds. The molecule has 14 heavy (non-hydrogen) atoms. The van der Waals surface area contributed by atoms with Crippen molar-refractivity contribution < 1.29 is 4.42 Å². The van der Waals surface area contributed by atoms with Crippen LogP contribution in [0.3, 0.4) is 0 Å². The lowest BCUT2D eigenvalue weighted by Crippen LogP contribution is -1.98. The number of aromatic nitrogens is 2. The van der Waals surface area contributed by atoms with Gasteiger partial charge in [0.2, 0.25) is 0 Å². The van der Waals surface area contributed by atoms with Crippen LogP contribution in [0.15, 0.2) is 35.3 Å². The van der Waals surface area contributed by atoms with E-state index in [2.05, 4.69) is 15.3 Å². The molecule has 4 nitrogen and oxygen atoms in total. The van der Waals surface area contributed by atoms with E-state index in [4.69, 9.17) is 16.0 Å². The van der Waals surface area contributed by atoms with Crippen LogP contribution in [0.1, 0.15) is 5.76 Å². The van der Waals surface area contributed by atoms with E-state index >= 15 is 0 Å². The normalized spacial score (nSPS) is 10.1. The molecule has 0 fully saturated rings. The topological polar surface area (TPSA) is 51.0 Å². The van der Waals surface area contributed by atoms with E-state index in [1.165, 1.54) is 6.33 Å². The monoisotopic (exact) mass is 209 g/mol. The average molecular weight is 210 g/mol. The lowest BCUT2D eigenvalue weighted by molar-refractivity contribution is 0.520. The Bertz CT molecular complexity index is 401. The summed E-state index contributed by atoms with van der Waals surface area (Å²) in [5.74, 6) is 0.777. The SMILES string of the molecule is Clc1ccc(CNc2cncnc2)o1. The van der Waals surface area contributed by atoms with Gasteiger partial charge in [0, 0.05) is 0 Å². The van der Waals surface area contributed by atoms with Crippen LogP contribution in [0.25, 0.3) is 0 Å². The Morgan fingerprint density at radius 2 is 2.07 bits per heavy atom. The van der Waals surface area contributed by atoms with Gasteiger partial charge < -0.3 is 9.73 Å². The quantitative estimate of drug-likeness (QED) is 0.843. The molecule has 0 radical (unpaired) electrons. The second-order valence-corrected chi connectivity index (χ2v) is 3.06. The predicted octanol–water partition coefficient (Wildman–Crippen LogP) is 2.34. The summed E-state index contributed by atoms with van der Waals surface area (Å²) >= 11 is 5.62. The molecule has 0 saturated carbocycles. The first kappa shape index (κ1) is 9.02. The maximum absolute atomic E-state index is 5.62. The Kier molecular flexibility index (Phi) is 2.65. The number of halogens is 1. The molecule has 2 aromatic heterocycles. The molecule has 2 rings (SSSR count). The van der Waals surface area contributed by atoms with Gasteiger partial charge in [0.25, 0.3) is 0 Å². The molecule has 0 spiro atoms. The summed E-state index contributed by atoms with van der Waals surface area (Å²) in [6.07, 6.45) is 4.87. The zero-order valence-electron chi connectivity index (χ0n) is 7.27. The lowest BCUT2D eigenvalue weighted by Gasteiger charge is -2.01. The van der Waals surface area contributed by atoms with Crippen molar-refractivity contribution in [3.05, 3.63) is 41.8 Å². The van der Waals surface area contributed by atoms with Crippen LogP contribution in [-0.4, -0.2) is 9.97 Å². The van der Waals surface area contributed by atoms with Crippen molar-refractivity contribution in [2.24, 2.45) is 0 Å². The second-order valence-electron chi connectivity index (χ2n) is 2.69. The highest BCUT2D eigenvalue weighted by Crippen LogP contribution is 2.14. The van der Waals surface area contributed by atoms with Gasteiger partial charge in [0.1, 0.15) is 12.1 Å². The van der Waals surface area contributed by atoms with Crippen molar-refractivity contribution in [2.45, 2.75) is 6.54 Å². The molecule has 0 atom stereocenters. The van der Waals surface area contributed by atoms with E-state index in [-0.39, 0.29) is 0 Å². The smallest absolute Gasteiger partial charge is 0.193 e. The third-order valence-corrected chi connectivity index (χ3v) is 1.86. The Labute approximate surface area is 85.9 Å². The van der Waals surface area contributed by atoms with Crippen LogP contribution in [0.2, 0.25) is 5.22 Å².